The van der Waals surface area contributed by atoms with Crippen molar-refractivity contribution < 1.29 is 13.2 Å². The number of unbranched alkanes of at least 4 members (excludes halogenated alkanes) is 5. The summed E-state index contributed by atoms with van der Waals surface area (Å²) in [5.41, 5.74) is 1.27. The second-order valence-corrected chi connectivity index (χ2v) is 11.1. The number of rotatable bonds is 13. The van der Waals surface area contributed by atoms with Gasteiger partial charge in [-0.2, -0.15) is 0 Å². The van der Waals surface area contributed by atoms with E-state index in [1.807, 2.05) is 28.8 Å². The summed E-state index contributed by atoms with van der Waals surface area (Å²) in [5.74, 6) is 0.539. The van der Waals surface area contributed by atoms with Crippen LogP contribution in [0, 0.1) is 0 Å². The molecule has 0 radical (unpaired) electrons. The number of carbonyl (C=O) groups excluding carboxylic acids is 1. The highest BCUT2D eigenvalue weighted by molar-refractivity contribution is 7.99. The molecule has 3 rings (SSSR count). The van der Waals surface area contributed by atoms with Crippen molar-refractivity contribution in [2.75, 3.05) is 11.1 Å². The summed E-state index contributed by atoms with van der Waals surface area (Å²) in [5, 5.41) is 17.9. The summed E-state index contributed by atoms with van der Waals surface area (Å²) < 4.78 is 25.1. The van der Waals surface area contributed by atoms with Gasteiger partial charge < -0.3 is 9.88 Å². The fraction of sp³-hybridized carbons (Fsp3) is 0.375. The smallest absolute Gasteiger partial charge is 0.238 e. The van der Waals surface area contributed by atoms with Gasteiger partial charge in [0.15, 0.2) is 11.0 Å². The molecule has 1 aromatic heterocycles. The first-order valence-corrected chi connectivity index (χ1v) is 14.4. The normalized spacial score (nSPS) is 11.5. The Labute approximate surface area is 215 Å². The number of halogens is 1. The average Bonchev–Trinajstić information content (AvgIpc) is 3.23. The fourth-order valence-corrected chi connectivity index (χ4v) is 4.99. The molecule has 188 valence electrons. The largest absolute Gasteiger partial charge is 0.325 e. The summed E-state index contributed by atoms with van der Waals surface area (Å²) in [6.45, 7) is 2.95. The number of nitrogens with zero attached hydrogens (tertiary/aromatic N) is 3. The van der Waals surface area contributed by atoms with E-state index in [4.69, 9.17) is 16.7 Å². The van der Waals surface area contributed by atoms with Crippen molar-refractivity contribution in [2.45, 2.75) is 62.0 Å². The van der Waals surface area contributed by atoms with Gasteiger partial charge in [0.2, 0.25) is 15.9 Å². The Morgan fingerprint density at radius 2 is 1.77 bits per heavy atom. The SMILES string of the molecule is CCCCCCCCn1c(SCC(=O)Nc2cccc(S(N)(=O)=O)c2)nnc1-c1ccc(Cl)cc1. The van der Waals surface area contributed by atoms with Gasteiger partial charge in [-0.05, 0) is 48.9 Å². The van der Waals surface area contributed by atoms with Gasteiger partial charge in [0.1, 0.15) is 0 Å². The van der Waals surface area contributed by atoms with Crippen LogP contribution in [0.25, 0.3) is 11.4 Å². The first-order valence-electron chi connectivity index (χ1n) is 11.5. The summed E-state index contributed by atoms with van der Waals surface area (Å²) in [7, 11) is -3.85. The molecule has 0 unspecified atom stereocenters. The predicted molar refractivity (Wildman–Crippen MR) is 141 cm³/mol. The van der Waals surface area contributed by atoms with Crippen LogP contribution in [0.2, 0.25) is 5.02 Å². The third-order valence-electron chi connectivity index (χ3n) is 5.33. The fourth-order valence-electron chi connectivity index (χ4n) is 3.54. The van der Waals surface area contributed by atoms with E-state index in [0.717, 1.165) is 30.8 Å². The van der Waals surface area contributed by atoms with Crippen LogP contribution in [0.3, 0.4) is 0 Å². The number of aromatic nitrogens is 3. The molecule has 0 fully saturated rings. The second kappa shape index (κ2) is 13.1. The molecule has 2 aromatic carbocycles. The van der Waals surface area contributed by atoms with Crippen LogP contribution in [0.5, 0.6) is 0 Å². The minimum atomic E-state index is -3.85. The van der Waals surface area contributed by atoms with Gasteiger partial charge in [0.25, 0.3) is 0 Å². The highest BCUT2D eigenvalue weighted by Crippen LogP contribution is 2.26. The van der Waals surface area contributed by atoms with Gasteiger partial charge in [0, 0.05) is 22.8 Å². The highest BCUT2D eigenvalue weighted by Gasteiger charge is 2.16. The van der Waals surface area contributed by atoms with E-state index in [2.05, 4.69) is 22.4 Å². The van der Waals surface area contributed by atoms with Gasteiger partial charge in [-0.25, -0.2) is 13.6 Å². The molecule has 0 aliphatic rings. The summed E-state index contributed by atoms with van der Waals surface area (Å²) in [6, 6.07) is 13.3. The molecule has 0 aliphatic heterocycles. The molecular formula is C24H30ClN5O3S2. The maximum absolute atomic E-state index is 12.5. The molecule has 0 bridgehead atoms. The van der Waals surface area contributed by atoms with Crippen LogP contribution < -0.4 is 10.5 Å². The quantitative estimate of drug-likeness (QED) is 0.225. The van der Waals surface area contributed by atoms with Gasteiger partial charge in [-0.1, -0.05) is 68.5 Å². The van der Waals surface area contributed by atoms with Gasteiger partial charge in [-0.15, -0.1) is 10.2 Å². The van der Waals surface area contributed by atoms with Crippen molar-refractivity contribution in [3.63, 3.8) is 0 Å². The number of amides is 1. The number of primary sulfonamides is 1. The second-order valence-electron chi connectivity index (χ2n) is 8.14. The molecule has 1 heterocycles. The molecule has 11 heteroatoms. The van der Waals surface area contributed by atoms with Gasteiger partial charge in [-0.3, -0.25) is 4.79 Å². The zero-order chi connectivity index (χ0) is 25.3. The average molecular weight is 536 g/mol. The lowest BCUT2D eigenvalue weighted by Gasteiger charge is -2.11. The summed E-state index contributed by atoms with van der Waals surface area (Å²) >= 11 is 7.33. The highest BCUT2D eigenvalue weighted by atomic mass is 35.5. The van der Waals surface area contributed by atoms with Crippen molar-refractivity contribution in [2.24, 2.45) is 5.14 Å². The van der Waals surface area contributed by atoms with E-state index >= 15 is 0 Å². The molecule has 3 aromatic rings. The van der Waals surface area contributed by atoms with E-state index in [9.17, 15) is 13.2 Å². The molecule has 0 atom stereocenters. The van der Waals surface area contributed by atoms with Crippen LogP contribution in [0.4, 0.5) is 5.69 Å². The molecule has 0 saturated heterocycles. The number of hydrogen-bond donors (Lipinski definition) is 2. The molecule has 35 heavy (non-hydrogen) atoms. The van der Waals surface area contributed by atoms with Gasteiger partial charge >= 0.3 is 0 Å². The van der Waals surface area contributed by atoms with Gasteiger partial charge in [0.05, 0.1) is 10.6 Å². The van der Waals surface area contributed by atoms with Crippen LogP contribution in [-0.4, -0.2) is 34.8 Å². The number of sulfonamides is 1. The molecule has 1 amide bonds. The monoisotopic (exact) mass is 535 g/mol. The van der Waals surface area contributed by atoms with Crippen molar-refractivity contribution in [1.82, 2.24) is 14.8 Å². The number of thioether (sulfide) groups is 1. The Bertz CT molecular complexity index is 1230. The van der Waals surface area contributed by atoms with Crippen molar-refractivity contribution in [3.05, 3.63) is 53.6 Å². The van der Waals surface area contributed by atoms with Crippen LogP contribution in [0.1, 0.15) is 45.4 Å². The number of anilines is 1. The molecule has 0 spiro atoms. The number of carbonyl (C=O) groups is 1. The molecule has 0 saturated carbocycles. The van der Waals surface area contributed by atoms with Crippen LogP contribution in [-0.2, 0) is 21.4 Å². The lowest BCUT2D eigenvalue weighted by Crippen LogP contribution is -2.16. The zero-order valence-corrected chi connectivity index (χ0v) is 22.0. The first kappa shape index (κ1) is 27.2. The number of nitrogens with two attached hydrogens (primary N) is 1. The van der Waals surface area contributed by atoms with Crippen LogP contribution in [0.15, 0.2) is 58.6 Å². The standard InChI is InChI=1S/C24H30ClN5O3S2/c1-2-3-4-5-6-7-15-30-23(18-11-13-19(25)14-12-18)28-29-24(30)34-17-22(31)27-20-9-8-10-21(16-20)35(26,32)33/h8-14,16H,2-7,15,17H2,1H3,(H,27,31)(H2,26,32,33). The minimum Gasteiger partial charge on any atom is -0.325 e. The maximum Gasteiger partial charge on any atom is 0.238 e. The van der Waals surface area contributed by atoms with Crippen molar-refractivity contribution in [1.29, 1.82) is 0 Å². The number of nitrogens with one attached hydrogen (secondary N) is 1. The number of benzene rings is 2. The predicted octanol–water partition coefficient (Wildman–Crippen LogP) is 5.34. The Kier molecular flexibility index (Phi) is 10.1. The minimum absolute atomic E-state index is 0.0609. The molecule has 0 aliphatic carbocycles. The summed E-state index contributed by atoms with van der Waals surface area (Å²) in [4.78, 5) is 12.5. The number of hydrogen-bond acceptors (Lipinski definition) is 6. The van der Waals surface area contributed by atoms with E-state index in [0.29, 0.717) is 15.9 Å². The van der Waals surface area contributed by atoms with Crippen LogP contribution >= 0.6 is 23.4 Å². The van der Waals surface area contributed by atoms with E-state index in [1.165, 1.54) is 55.6 Å². The Balaban J connectivity index is 1.68. The maximum atomic E-state index is 12.5. The lowest BCUT2D eigenvalue weighted by molar-refractivity contribution is -0.113. The third-order valence-corrected chi connectivity index (χ3v) is 7.46. The van der Waals surface area contributed by atoms with E-state index in [1.54, 1.807) is 6.07 Å². The third kappa shape index (κ3) is 8.34. The van der Waals surface area contributed by atoms with E-state index < -0.39 is 10.0 Å². The Morgan fingerprint density at radius 1 is 1.06 bits per heavy atom. The van der Waals surface area contributed by atoms with Crippen molar-refractivity contribution >= 4 is 45.0 Å². The topological polar surface area (TPSA) is 120 Å². The zero-order valence-electron chi connectivity index (χ0n) is 19.6. The van der Waals surface area contributed by atoms with Crippen molar-refractivity contribution in [3.8, 4) is 11.4 Å². The Morgan fingerprint density at radius 3 is 2.49 bits per heavy atom. The first-order chi connectivity index (χ1) is 16.8. The molecule has 8 nitrogen and oxygen atoms in total. The van der Waals surface area contributed by atoms with E-state index in [-0.39, 0.29) is 16.6 Å². The lowest BCUT2D eigenvalue weighted by atomic mass is 10.1. The summed E-state index contributed by atoms with van der Waals surface area (Å²) in [6.07, 6.45) is 6.98. The molecular weight excluding hydrogens is 506 g/mol. The Hall–Kier alpha value is -2.40. The molecule has 3 N–H and O–H groups in total.